The molecule has 0 unspecified atom stereocenters. The van der Waals surface area contributed by atoms with Gasteiger partial charge in [-0.1, -0.05) is 70.6 Å². The fraction of sp³-hybridized carbons (Fsp3) is 0.950. The molecule has 0 saturated heterocycles. The van der Waals surface area contributed by atoms with Crippen molar-refractivity contribution < 1.29 is 20.1 Å². The van der Waals surface area contributed by atoms with Crippen LogP contribution in [0.25, 0.3) is 0 Å². The average molecular weight is 360 g/mol. The van der Waals surface area contributed by atoms with E-state index in [9.17, 15) is 4.79 Å². The number of unbranched alkanes of at least 4 members (excludes halogenated alkanes) is 12. The first-order valence-corrected chi connectivity index (χ1v) is 10.4. The lowest BCUT2D eigenvalue weighted by Gasteiger charge is -2.20. The highest BCUT2D eigenvalue weighted by Crippen LogP contribution is 2.13. The van der Waals surface area contributed by atoms with E-state index in [2.05, 4.69) is 0 Å². The van der Waals surface area contributed by atoms with Crippen molar-refractivity contribution in [2.45, 2.75) is 89.9 Å². The van der Waals surface area contributed by atoms with Crippen LogP contribution < -0.4 is 0 Å². The molecule has 0 rings (SSSR count). The van der Waals surface area contributed by atoms with Crippen molar-refractivity contribution in [1.29, 1.82) is 0 Å². The number of nitrogens with zero attached hydrogens (tertiary/aromatic N) is 1. The number of aliphatic hydroxyl groups is 3. The fourth-order valence-corrected chi connectivity index (χ4v) is 3.09. The molecule has 0 saturated carbocycles. The number of hydrogen-bond donors (Lipinski definition) is 3. The molecule has 0 bridgehead atoms. The average Bonchev–Trinajstić information content (AvgIpc) is 2.61. The second-order valence-corrected chi connectivity index (χ2v) is 6.90. The Hall–Kier alpha value is -0.650. The Bertz CT molecular complexity index is 281. The topological polar surface area (TPSA) is 81.0 Å². The van der Waals surface area contributed by atoms with Crippen molar-refractivity contribution in [3.8, 4) is 0 Å². The van der Waals surface area contributed by atoms with Gasteiger partial charge in [0, 0.05) is 26.1 Å². The predicted octanol–water partition coefficient (Wildman–Crippen LogP) is 3.25. The molecule has 0 aromatic rings. The Morgan fingerprint density at radius 2 is 0.880 bits per heavy atom. The van der Waals surface area contributed by atoms with Crippen molar-refractivity contribution >= 4 is 5.91 Å². The SMILES string of the molecule is O=C(CCCCCCCCCCCCCCCO)N(CCO)CCO. The molecule has 0 heterocycles. The molecule has 0 spiro atoms. The van der Waals surface area contributed by atoms with Crippen molar-refractivity contribution in [1.82, 2.24) is 4.90 Å². The number of carbonyl (C=O) groups is 1. The summed E-state index contributed by atoms with van der Waals surface area (Å²) in [6.07, 6.45) is 16.2. The number of aliphatic hydroxyl groups excluding tert-OH is 3. The summed E-state index contributed by atoms with van der Waals surface area (Å²) in [6.45, 7) is 0.877. The molecule has 0 aliphatic carbocycles. The van der Waals surface area contributed by atoms with E-state index < -0.39 is 0 Å². The van der Waals surface area contributed by atoms with Crippen LogP contribution >= 0.6 is 0 Å². The number of carbonyl (C=O) groups excluding carboxylic acids is 1. The van der Waals surface area contributed by atoms with E-state index >= 15 is 0 Å². The highest BCUT2D eigenvalue weighted by molar-refractivity contribution is 5.76. The second kappa shape index (κ2) is 19.7. The van der Waals surface area contributed by atoms with Crippen LogP contribution in [0.15, 0.2) is 0 Å². The van der Waals surface area contributed by atoms with E-state index in [-0.39, 0.29) is 19.1 Å². The molecule has 150 valence electrons. The highest BCUT2D eigenvalue weighted by Gasteiger charge is 2.11. The molecule has 0 aromatic carbocycles. The van der Waals surface area contributed by atoms with Crippen LogP contribution in [-0.4, -0.2) is 59.0 Å². The van der Waals surface area contributed by atoms with Gasteiger partial charge in [-0.25, -0.2) is 0 Å². The third kappa shape index (κ3) is 16.6. The van der Waals surface area contributed by atoms with Gasteiger partial charge in [0.25, 0.3) is 0 Å². The monoisotopic (exact) mass is 359 g/mol. The van der Waals surface area contributed by atoms with Gasteiger partial charge < -0.3 is 20.2 Å². The van der Waals surface area contributed by atoms with E-state index in [0.717, 1.165) is 25.7 Å². The van der Waals surface area contributed by atoms with Crippen molar-refractivity contribution in [2.75, 3.05) is 32.9 Å². The molecule has 5 nitrogen and oxygen atoms in total. The number of hydrogen-bond acceptors (Lipinski definition) is 4. The first kappa shape index (κ1) is 24.4. The van der Waals surface area contributed by atoms with E-state index in [1.807, 2.05) is 0 Å². The third-order valence-electron chi connectivity index (χ3n) is 4.64. The first-order chi connectivity index (χ1) is 12.3. The lowest BCUT2D eigenvalue weighted by molar-refractivity contribution is -0.132. The lowest BCUT2D eigenvalue weighted by atomic mass is 10.0. The first-order valence-electron chi connectivity index (χ1n) is 10.4. The summed E-state index contributed by atoms with van der Waals surface area (Å²) < 4.78 is 0. The van der Waals surface area contributed by atoms with Crippen LogP contribution in [0.4, 0.5) is 0 Å². The van der Waals surface area contributed by atoms with Gasteiger partial charge in [0.1, 0.15) is 0 Å². The molecule has 0 radical (unpaired) electrons. The summed E-state index contributed by atoms with van der Waals surface area (Å²) in [6, 6.07) is 0. The molecular formula is C20H41NO4. The summed E-state index contributed by atoms with van der Waals surface area (Å²) in [5.41, 5.74) is 0. The van der Waals surface area contributed by atoms with Gasteiger partial charge in [0.05, 0.1) is 13.2 Å². The second-order valence-electron chi connectivity index (χ2n) is 6.90. The van der Waals surface area contributed by atoms with Crippen LogP contribution in [0.1, 0.15) is 89.9 Å². The van der Waals surface area contributed by atoms with E-state index in [1.165, 1.54) is 57.8 Å². The van der Waals surface area contributed by atoms with Crippen molar-refractivity contribution in [3.05, 3.63) is 0 Å². The maximum atomic E-state index is 11.9. The fourth-order valence-electron chi connectivity index (χ4n) is 3.09. The minimum Gasteiger partial charge on any atom is -0.396 e. The predicted molar refractivity (Wildman–Crippen MR) is 102 cm³/mol. The smallest absolute Gasteiger partial charge is 0.222 e. The van der Waals surface area contributed by atoms with Gasteiger partial charge in [-0.3, -0.25) is 4.79 Å². The van der Waals surface area contributed by atoms with Gasteiger partial charge >= 0.3 is 0 Å². The summed E-state index contributed by atoms with van der Waals surface area (Å²) in [7, 11) is 0. The number of amides is 1. The summed E-state index contributed by atoms with van der Waals surface area (Å²) >= 11 is 0. The van der Waals surface area contributed by atoms with Gasteiger partial charge in [-0.2, -0.15) is 0 Å². The van der Waals surface area contributed by atoms with Crippen LogP contribution in [0.3, 0.4) is 0 Å². The maximum Gasteiger partial charge on any atom is 0.222 e. The van der Waals surface area contributed by atoms with E-state index in [4.69, 9.17) is 15.3 Å². The summed E-state index contributed by atoms with van der Waals surface area (Å²) in [5, 5.41) is 26.5. The molecule has 0 aliphatic rings. The largest absolute Gasteiger partial charge is 0.396 e. The van der Waals surface area contributed by atoms with Crippen molar-refractivity contribution in [2.24, 2.45) is 0 Å². The Labute approximate surface area is 154 Å². The molecule has 25 heavy (non-hydrogen) atoms. The summed E-state index contributed by atoms with van der Waals surface area (Å²) in [4.78, 5) is 13.5. The van der Waals surface area contributed by atoms with Gasteiger partial charge in [0.2, 0.25) is 5.91 Å². The molecule has 5 heteroatoms. The van der Waals surface area contributed by atoms with E-state index in [1.54, 1.807) is 4.90 Å². The maximum absolute atomic E-state index is 11.9. The van der Waals surface area contributed by atoms with Gasteiger partial charge in [0.15, 0.2) is 0 Å². The Balaban J connectivity index is 3.31. The molecule has 1 amide bonds. The quantitative estimate of drug-likeness (QED) is 0.309. The zero-order valence-electron chi connectivity index (χ0n) is 16.1. The minimum atomic E-state index is -0.0472. The molecule has 0 fully saturated rings. The molecule has 3 N–H and O–H groups in total. The molecule has 0 aromatic heterocycles. The van der Waals surface area contributed by atoms with Crippen LogP contribution in [-0.2, 0) is 4.79 Å². The Morgan fingerprint density at radius 3 is 1.24 bits per heavy atom. The molecular weight excluding hydrogens is 318 g/mol. The highest BCUT2D eigenvalue weighted by atomic mass is 16.3. The minimum absolute atomic E-state index is 0.0436. The standard InChI is InChI=1S/C20H41NO4/c22-17-13-11-9-7-5-3-1-2-4-6-8-10-12-14-20(25)21(15-18-23)16-19-24/h22-24H,1-19H2. The molecule has 0 aliphatic heterocycles. The number of rotatable bonds is 19. The van der Waals surface area contributed by atoms with Crippen LogP contribution in [0, 0.1) is 0 Å². The summed E-state index contributed by atoms with van der Waals surface area (Å²) in [5.74, 6) is 0.0436. The van der Waals surface area contributed by atoms with Crippen LogP contribution in [0.2, 0.25) is 0 Å². The van der Waals surface area contributed by atoms with E-state index in [0.29, 0.717) is 26.1 Å². The Kier molecular flexibility index (Phi) is 19.2. The zero-order chi connectivity index (χ0) is 18.6. The zero-order valence-corrected chi connectivity index (χ0v) is 16.1. The lowest BCUT2D eigenvalue weighted by Crippen LogP contribution is -2.35. The molecule has 0 atom stereocenters. The van der Waals surface area contributed by atoms with Gasteiger partial charge in [-0.05, 0) is 12.8 Å². The van der Waals surface area contributed by atoms with Crippen LogP contribution in [0.5, 0.6) is 0 Å². The van der Waals surface area contributed by atoms with Gasteiger partial charge in [-0.15, -0.1) is 0 Å². The third-order valence-corrected chi connectivity index (χ3v) is 4.64. The van der Waals surface area contributed by atoms with Crippen molar-refractivity contribution in [3.63, 3.8) is 0 Å². The normalized spacial score (nSPS) is 11.0. The Morgan fingerprint density at radius 1 is 0.520 bits per heavy atom.